The summed E-state index contributed by atoms with van der Waals surface area (Å²) in [5.74, 6) is -0.0768. The van der Waals surface area contributed by atoms with Gasteiger partial charge in [0.2, 0.25) is 10.0 Å². The predicted octanol–water partition coefficient (Wildman–Crippen LogP) is 2.00. The second-order valence-corrected chi connectivity index (χ2v) is 11.7. The van der Waals surface area contributed by atoms with Gasteiger partial charge in [0.15, 0.2) is 5.78 Å². The third-order valence-electron chi connectivity index (χ3n) is 2.01. The highest BCUT2D eigenvalue weighted by Gasteiger charge is 2.23. The van der Waals surface area contributed by atoms with Crippen LogP contribution < -0.4 is 4.39 Å². The van der Waals surface area contributed by atoms with Gasteiger partial charge in [-0.05, 0) is 19.1 Å². The van der Waals surface area contributed by atoms with Gasteiger partial charge >= 0.3 is 0 Å². The van der Waals surface area contributed by atoms with Gasteiger partial charge < -0.3 is 0 Å². The quantitative estimate of drug-likeness (QED) is 0.673. The summed E-state index contributed by atoms with van der Waals surface area (Å²) in [6, 6.07) is 5.97. The molecule has 0 bridgehead atoms. The molecule has 6 heteroatoms. The fraction of sp³-hybridized carbons (Fsp3) is 0.364. The van der Waals surface area contributed by atoms with Crippen molar-refractivity contribution in [2.45, 2.75) is 31.5 Å². The van der Waals surface area contributed by atoms with E-state index in [2.05, 4.69) is 4.39 Å². The van der Waals surface area contributed by atoms with Crippen molar-refractivity contribution in [3.8, 4) is 0 Å². The van der Waals surface area contributed by atoms with Gasteiger partial charge in [-0.1, -0.05) is 31.8 Å². The Labute approximate surface area is 103 Å². The molecule has 0 amide bonds. The molecule has 0 saturated carbocycles. The molecule has 0 saturated heterocycles. The van der Waals surface area contributed by atoms with Crippen LogP contribution in [0.15, 0.2) is 29.2 Å². The minimum absolute atomic E-state index is 0.0768. The van der Waals surface area contributed by atoms with Crippen molar-refractivity contribution in [1.29, 1.82) is 0 Å². The van der Waals surface area contributed by atoms with E-state index < -0.39 is 18.3 Å². The first-order valence-corrected chi connectivity index (χ1v) is 10.3. The molecule has 0 aliphatic heterocycles. The Morgan fingerprint density at radius 3 is 1.94 bits per heavy atom. The van der Waals surface area contributed by atoms with Gasteiger partial charge in [-0.2, -0.15) is 0 Å². The zero-order chi connectivity index (χ0) is 13.3. The lowest BCUT2D eigenvalue weighted by atomic mass is 10.2. The second kappa shape index (κ2) is 4.71. The van der Waals surface area contributed by atoms with E-state index in [9.17, 15) is 13.2 Å². The molecule has 0 aromatic heterocycles. The summed E-state index contributed by atoms with van der Waals surface area (Å²) in [5.41, 5.74) is 0.511. The number of benzene rings is 1. The average Bonchev–Trinajstić information content (AvgIpc) is 2.14. The van der Waals surface area contributed by atoms with Crippen LogP contribution in [-0.2, 0) is 10.0 Å². The van der Waals surface area contributed by atoms with Gasteiger partial charge in [0.1, 0.15) is 8.24 Å². The predicted molar refractivity (Wildman–Crippen MR) is 70.1 cm³/mol. The summed E-state index contributed by atoms with van der Waals surface area (Å²) in [6.07, 6.45) is 0. The van der Waals surface area contributed by atoms with E-state index >= 15 is 0 Å². The van der Waals surface area contributed by atoms with Gasteiger partial charge in [-0.15, -0.1) is 0 Å². The van der Waals surface area contributed by atoms with Crippen LogP contribution in [0.4, 0.5) is 0 Å². The van der Waals surface area contributed by atoms with E-state index in [0.717, 1.165) is 0 Å². The molecule has 0 unspecified atom stereocenters. The number of carbonyl (C=O) groups is 1. The number of carbonyl (C=O) groups excluding carboxylic acids is 1. The molecule has 1 aromatic carbocycles. The SMILES string of the molecule is CC(=O)c1ccc(S(=O)(=O)N[Si](C)(C)C)cc1. The van der Waals surface area contributed by atoms with Gasteiger partial charge in [-0.3, -0.25) is 4.79 Å². The highest BCUT2D eigenvalue weighted by Crippen LogP contribution is 2.13. The molecule has 4 nitrogen and oxygen atoms in total. The van der Waals surface area contributed by atoms with Gasteiger partial charge in [0, 0.05) is 5.56 Å². The molecule has 94 valence electrons. The third-order valence-corrected chi connectivity index (χ3v) is 6.43. The molecule has 1 rings (SSSR count). The first-order valence-electron chi connectivity index (χ1n) is 5.27. The first-order chi connectivity index (χ1) is 7.62. The van der Waals surface area contributed by atoms with Crippen LogP contribution in [0.5, 0.6) is 0 Å². The number of rotatable bonds is 4. The summed E-state index contributed by atoms with van der Waals surface area (Å²) >= 11 is 0. The van der Waals surface area contributed by atoms with Crippen LogP contribution in [-0.4, -0.2) is 22.4 Å². The molecule has 0 aliphatic carbocycles. The highest BCUT2D eigenvalue weighted by molar-refractivity contribution is 7.91. The Balaban J connectivity index is 3.05. The summed E-state index contributed by atoms with van der Waals surface area (Å²) in [7, 11) is -5.38. The number of nitrogens with one attached hydrogen (secondary N) is 1. The number of Topliss-reactive ketones (excluding diaryl/α,β-unsaturated/α-hetero) is 1. The average molecular weight is 271 g/mol. The summed E-state index contributed by atoms with van der Waals surface area (Å²) in [6.45, 7) is 7.18. The van der Waals surface area contributed by atoms with Gasteiger partial charge in [0.25, 0.3) is 0 Å². The van der Waals surface area contributed by atoms with Crippen molar-refractivity contribution in [1.82, 2.24) is 4.39 Å². The minimum atomic E-state index is -3.46. The van der Waals surface area contributed by atoms with Crippen LogP contribution in [0.2, 0.25) is 19.6 Å². The van der Waals surface area contributed by atoms with Crippen LogP contribution in [0.3, 0.4) is 0 Å². The van der Waals surface area contributed by atoms with Crippen LogP contribution >= 0.6 is 0 Å². The molecule has 0 fully saturated rings. The van der Waals surface area contributed by atoms with Gasteiger partial charge in [0.05, 0.1) is 4.90 Å². The zero-order valence-corrected chi connectivity index (χ0v) is 12.3. The van der Waals surface area contributed by atoms with E-state index in [1.54, 1.807) is 0 Å². The molecule has 0 aliphatic rings. The lowest BCUT2D eigenvalue weighted by molar-refractivity contribution is 0.101. The van der Waals surface area contributed by atoms with Crippen molar-refractivity contribution in [3.05, 3.63) is 29.8 Å². The van der Waals surface area contributed by atoms with Crippen molar-refractivity contribution in [2.24, 2.45) is 0 Å². The highest BCUT2D eigenvalue weighted by atomic mass is 32.2. The third kappa shape index (κ3) is 4.07. The maximum atomic E-state index is 12.0. The normalized spacial score (nSPS) is 12.5. The smallest absolute Gasteiger partial charge is 0.234 e. The molecule has 1 aromatic rings. The molecule has 0 heterocycles. The molecule has 0 spiro atoms. The number of ketones is 1. The Hall–Kier alpha value is -0.983. The van der Waals surface area contributed by atoms with E-state index in [1.165, 1.54) is 31.2 Å². The molecule has 17 heavy (non-hydrogen) atoms. The molecule has 0 atom stereocenters. The van der Waals surface area contributed by atoms with Crippen molar-refractivity contribution >= 4 is 24.0 Å². The van der Waals surface area contributed by atoms with Crippen molar-refractivity contribution < 1.29 is 13.2 Å². The topological polar surface area (TPSA) is 63.2 Å². The number of sulfonamides is 1. The number of hydrogen-bond donors (Lipinski definition) is 1. The zero-order valence-electron chi connectivity index (χ0n) is 10.4. The van der Waals surface area contributed by atoms with E-state index in [0.29, 0.717) is 5.56 Å². The summed E-state index contributed by atoms with van der Waals surface area (Å²) in [5, 5.41) is 0. The molecule has 0 radical (unpaired) electrons. The maximum absolute atomic E-state index is 12.0. The second-order valence-electron chi connectivity index (χ2n) is 4.94. The Kier molecular flexibility index (Phi) is 3.90. The fourth-order valence-corrected chi connectivity index (χ4v) is 5.52. The van der Waals surface area contributed by atoms with Crippen molar-refractivity contribution in [2.75, 3.05) is 0 Å². The lowest BCUT2D eigenvalue weighted by Gasteiger charge is -2.18. The minimum Gasteiger partial charge on any atom is -0.295 e. The Bertz CT molecular complexity index is 515. The first kappa shape index (κ1) is 14.1. The Morgan fingerprint density at radius 1 is 1.12 bits per heavy atom. The van der Waals surface area contributed by atoms with Crippen molar-refractivity contribution in [3.63, 3.8) is 0 Å². The monoisotopic (exact) mass is 271 g/mol. The standard InChI is InChI=1S/C11H17NO3SSi/c1-9(13)10-5-7-11(8-6-10)16(14,15)12-17(2,3)4/h5-8,12H,1-4H3. The van der Waals surface area contributed by atoms with Crippen LogP contribution in [0.1, 0.15) is 17.3 Å². The Morgan fingerprint density at radius 2 is 1.59 bits per heavy atom. The van der Waals surface area contributed by atoms with Gasteiger partial charge in [-0.25, -0.2) is 12.8 Å². The van der Waals surface area contributed by atoms with Crippen LogP contribution in [0, 0.1) is 0 Å². The van der Waals surface area contributed by atoms with Crippen LogP contribution in [0.25, 0.3) is 0 Å². The largest absolute Gasteiger partial charge is 0.295 e. The molecule has 1 N–H and O–H groups in total. The molecular formula is C11H17NO3SSi. The summed E-state index contributed by atoms with van der Waals surface area (Å²) in [4.78, 5) is 11.3. The summed E-state index contributed by atoms with van der Waals surface area (Å²) < 4.78 is 26.6. The molecular weight excluding hydrogens is 254 g/mol. The lowest BCUT2D eigenvalue weighted by Crippen LogP contribution is -2.45. The fourth-order valence-electron chi connectivity index (χ4n) is 1.33. The van der Waals surface area contributed by atoms with E-state index in [-0.39, 0.29) is 10.7 Å². The number of hydrogen-bond acceptors (Lipinski definition) is 3. The maximum Gasteiger partial charge on any atom is 0.234 e. The van der Waals surface area contributed by atoms with E-state index in [4.69, 9.17) is 0 Å². The van der Waals surface area contributed by atoms with E-state index in [1.807, 2.05) is 19.6 Å².